The standard InChI is InChI=1S/C16H14FNOS2/c17-12-5-1-3-7-14(12)19-9-10-20-11-16-18-13-6-2-4-8-15(13)21-16/h1-8H,9-11H2. The van der Waals surface area contributed by atoms with Crippen molar-refractivity contribution in [1.29, 1.82) is 0 Å². The van der Waals surface area contributed by atoms with E-state index in [1.54, 1.807) is 41.3 Å². The molecular weight excluding hydrogens is 305 g/mol. The van der Waals surface area contributed by atoms with E-state index in [4.69, 9.17) is 4.74 Å². The maximum atomic E-state index is 13.3. The van der Waals surface area contributed by atoms with Crippen molar-refractivity contribution in [3.8, 4) is 5.75 Å². The molecule has 0 radical (unpaired) electrons. The van der Waals surface area contributed by atoms with Gasteiger partial charge >= 0.3 is 0 Å². The Bertz CT molecular complexity index is 696. The van der Waals surface area contributed by atoms with Crippen LogP contribution in [0.5, 0.6) is 5.75 Å². The predicted molar refractivity (Wildman–Crippen MR) is 87.7 cm³/mol. The molecule has 3 aromatic rings. The van der Waals surface area contributed by atoms with E-state index in [9.17, 15) is 4.39 Å². The van der Waals surface area contributed by atoms with Gasteiger partial charge < -0.3 is 4.74 Å². The quantitative estimate of drug-likeness (QED) is 0.612. The Kier molecular flexibility index (Phi) is 4.72. The zero-order chi connectivity index (χ0) is 14.5. The summed E-state index contributed by atoms with van der Waals surface area (Å²) in [6, 6.07) is 14.6. The highest BCUT2D eigenvalue weighted by atomic mass is 32.2. The number of nitrogens with zero attached hydrogens (tertiary/aromatic N) is 1. The number of hydrogen-bond acceptors (Lipinski definition) is 4. The lowest BCUT2D eigenvalue weighted by atomic mass is 10.3. The third-order valence-electron chi connectivity index (χ3n) is 2.89. The summed E-state index contributed by atoms with van der Waals surface area (Å²) in [5, 5.41) is 1.12. The molecule has 2 nitrogen and oxygen atoms in total. The van der Waals surface area contributed by atoms with Crippen molar-refractivity contribution in [3.63, 3.8) is 0 Å². The van der Waals surface area contributed by atoms with Gasteiger partial charge in [-0.05, 0) is 24.3 Å². The van der Waals surface area contributed by atoms with E-state index in [0.29, 0.717) is 12.4 Å². The van der Waals surface area contributed by atoms with Crippen molar-refractivity contribution < 1.29 is 9.13 Å². The summed E-state index contributed by atoms with van der Waals surface area (Å²) in [6.07, 6.45) is 0. The van der Waals surface area contributed by atoms with Crippen LogP contribution in [-0.4, -0.2) is 17.3 Å². The molecule has 0 aliphatic rings. The Morgan fingerprint density at radius 1 is 1.10 bits per heavy atom. The van der Waals surface area contributed by atoms with Gasteiger partial charge in [0.25, 0.3) is 0 Å². The molecule has 0 fully saturated rings. The molecule has 0 bridgehead atoms. The van der Waals surface area contributed by atoms with Crippen LogP contribution in [0.1, 0.15) is 5.01 Å². The van der Waals surface area contributed by atoms with Gasteiger partial charge in [-0.1, -0.05) is 24.3 Å². The minimum Gasteiger partial charge on any atom is -0.490 e. The third kappa shape index (κ3) is 3.74. The number of ether oxygens (including phenoxy) is 1. The minimum atomic E-state index is -0.311. The molecule has 0 saturated carbocycles. The van der Waals surface area contributed by atoms with E-state index in [0.717, 1.165) is 22.0 Å². The van der Waals surface area contributed by atoms with Crippen LogP contribution >= 0.6 is 23.1 Å². The molecule has 0 aliphatic heterocycles. The second-order valence-corrected chi connectivity index (χ2v) is 6.63. The summed E-state index contributed by atoms with van der Waals surface area (Å²) in [6.45, 7) is 0.497. The van der Waals surface area contributed by atoms with Crippen LogP contribution in [0.15, 0.2) is 48.5 Å². The Morgan fingerprint density at radius 2 is 1.90 bits per heavy atom. The molecule has 5 heteroatoms. The molecule has 21 heavy (non-hydrogen) atoms. The maximum absolute atomic E-state index is 13.3. The van der Waals surface area contributed by atoms with Crippen LogP contribution < -0.4 is 4.74 Å². The minimum absolute atomic E-state index is 0.311. The van der Waals surface area contributed by atoms with E-state index >= 15 is 0 Å². The Labute approximate surface area is 131 Å². The molecule has 2 aromatic carbocycles. The summed E-state index contributed by atoms with van der Waals surface area (Å²) in [5.41, 5.74) is 1.06. The summed E-state index contributed by atoms with van der Waals surface area (Å²) in [7, 11) is 0. The van der Waals surface area contributed by atoms with Crippen LogP contribution in [0, 0.1) is 5.82 Å². The number of benzene rings is 2. The summed E-state index contributed by atoms with van der Waals surface area (Å²) in [4.78, 5) is 4.58. The molecule has 0 amide bonds. The molecule has 1 heterocycles. The third-order valence-corrected chi connectivity index (χ3v) is 5.04. The molecular formula is C16H14FNOS2. The van der Waals surface area contributed by atoms with Crippen molar-refractivity contribution in [1.82, 2.24) is 4.98 Å². The number of thiazole rings is 1. The molecule has 0 spiro atoms. The Morgan fingerprint density at radius 3 is 2.76 bits per heavy atom. The van der Waals surface area contributed by atoms with Gasteiger partial charge in [-0.3, -0.25) is 0 Å². The Hall–Kier alpha value is -1.59. The first-order chi connectivity index (χ1) is 10.3. The molecule has 0 N–H and O–H groups in total. The van der Waals surface area contributed by atoms with Crippen molar-refractivity contribution >= 4 is 33.3 Å². The molecule has 3 rings (SSSR count). The largest absolute Gasteiger partial charge is 0.490 e. The van der Waals surface area contributed by atoms with E-state index < -0.39 is 0 Å². The number of halogens is 1. The van der Waals surface area contributed by atoms with E-state index in [2.05, 4.69) is 11.1 Å². The highest BCUT2D eigenvalue weighted by molar-refractivity contribution is 7.98. The fourth-order valence-corrected chi connectivity index (χ4v) is 3.75. The number of hydrogen-bond donors (Lipinski definition) is 0. The molecule has 108 valence electrons. The molecule has 0 aliphatic carbocycles. The SMILES string of the molecule is Fc1ccccc1OCCSCc1nc2ccccc2s1. The van der Waals surface area contributed by atoms with Crippen molar-refractivity contribution in [2.75, 3.05) is 12.4 Å². The predicted octanol–water partition coefficient (Wildman–Crippen LogP) is 4.75. The van der Waals surface area contributed by atoms with E-state index in [1.807, 2.05) is 18.2 Å². The first kappa shape index (κ1) is 14.4. The van der Waals surface area contributed by atoms with Crippen LogP contribution in [0.25, 0.3) is 10.2 Å². The smallest absolute Gasteiger partial charge is 0.165 e. The van der Waals surface area contributed by atoms with Crippen molar-refractivity contribution in [2.45, 2.75) is 5.75 Å². The zero-order valence-corrected chi connectivity index (χ0v) is 12.9. The average Bonchev–Trinajstić information content (AvgIpc) is 2.91. The van der Waals surface area contributed by atoms with Gasteiger partial charge in [0, 0.05) is 11.5 Å². The topological polar surface area (TPSA) is 22.1 Å². The first-order valence-electron chi connectivity index (χ1n) is 6.62. The van der Waals surface area contributed by atoms with Gasteiger partial charge in [0.1, 0.15) is 5.01 Å². The summed E-state index contributed by atoms with van der Waals surface area (Å²) >= 11 is 3.47. The first-order valence-corrected chi connectivity index (χ1v) is 8.59. The lowest BCUT2D eigenvalue weighted by Gasteiger charge is -2.06. The second-order valence-electron chi connectivity index (χ2n) is 4.41. The van der Waals surface area contributed by atoms with Crippen molar-refractivity contribution in [3.05, 3.63) is 59.4 Å². The molecule has 0 atom stereocenters. The summed E-state index contributed by atoms with van der Waals surface area (Å²) < 4.78 is 20.0. The average molecular weight is 319 g/mol. The number of thioether (sulfide) groups is 1. The number of fused-ring (bicyclic) bond motifs is 1. The van der Waals surface area contributed by atoms with Crippen LogP contribution in [-0.2, 0) is 5.75 Å². The van der Waals surface area contributed by atoms with Gasteiger partial charge in [-0.2, -0.15) is 11.8 Å². The fraction of sp³-hybridized carbons (Fsp3) is 0.188. The lowest BCUT2D eigenvalue weighted by Crippen LogP contribution is -2.01. The van der Waals surface area contributed by atoms with Gasteiger partial charge in [0.2, 0.25) is 0 Å². The lowest BCUT2D eigenvalue weighted by molar-refractivity contribution is 0.325. The highest BCUT2D eigenvalue weighted by Crippen LogP contribution is 2.24. The monoisotopic (exact) mass is 319 g/mol. The van der Waals surface area contributed by atoms with Crippen molar-refractivity contribution in [2.24, 2.45) is 0 Å². The number of para-hydroxylation sites is 2. The van der Waals surface area contributed by atoms with Crippen LogP contribution in [0.4, 0.5) is 4.39 Å². The molecule has 0 saturated heterocycles. The number of rotatable bonds is 6. The zero-order valence-electron chi connectivity index (χ0n) is 11.3. The molecule has 1 aromatic heterocycles. The maximum Gasteiger partial charge on any atom is 0.165 e. The van der Waals surface area contributed by atoms with E-state index in [1.165, 1.54) is 10.8 Å². The van der Waals surface area contributed by atoms with E-state index in [-0.39, 0.29) is 5.82 Å². The molecule has 0 unspecified atom stereocenters. The van der Waals surface area contributed by atoms with Gasteiger partial charge in [-0.25, -0.2) is 9.37 Å². The van der Waals surface area contributed by atoms with Gasteiger partial charge in [-0.15, -0.1) is 11.3 Å². The van der Waals surface area contributed by atoms with Crippen LogP contribution in [0.3, 0.4) is 0 Å². The van der Waals surface area contributed by atoms with Crippen LogP contribution in [0.2, 0.25) is 0 Å². The Balaban J connectivity index is 1.45. The summed E-state index contributed by atoms with van der Waals surface area (Å²) in [5.74, 6) is 1.68. The second kappa shape index (κ2) is 6.91. The van der Waals surface area contributed by atoms with Gasteiger partial charge in [0.15, 0.2) is 11.6 Å². The van der Waals surface area contributed by atoms with Gasteiger partial charge in [0.05, 0.1) is 16.8 Å². The fourth-order valence-electron chi connectivity index (χ4n) is 1.91. The number of aromatic nitrogens is 1. The highest BCUT2D eigenvalue weighted by Gasteiger charge is 2.04. The normalized spacial score (nSPS) is 10.9.